The van der Waals surface area contributed by atoms with Crippen LogP contribution >= 0.6 is 0 Å². The number of amides is 1. The zero-order valence-electron chi connectivity index (χ0n) is 12.7. The lowest BCUT2D eigenvalue weighted by Crippen LogP contribution is -2.52. The van der Waals surface area contributed by atoms with Gasteiger partial charge in [0.1, 0.15) is 5.75 Å². The molecule has 0 radical (unpaired) electrons. The Morgan fingerprint density at radius 2 is 2.00 bits per heavy atom. The van der Waals surface area contributed by atoms with Gasteiger partial charge in [0.25, 0.3) is 5.91 Å². The maximum absolute atomic E-state index is 12.8. The minimum absolute atomic E-state index is 0.163. The van der Waals surface area contributed by atoms with Crippen LogP contribution in [0.4, 0.5) is 0 Å². The summed E-state index contributed by atoms with van der Waals surface area (Å²) >= 11 is 0. The van der Waals surface area contributed by atoms with Crippen molar-refractivity contribution in [2.24, 2.45) is 0 Å². The van der Waals surface area contributed by atoms with Crippen molar-refractivity contribution in [3.05, 3.63) is 29.8 Å². The van der Waals surface area contributed by atoms with Gasteiger partial charge in [-0.3, -0.25) is 4.79 Å². The van der Waals surface area contributed by atoms with Crippen LogP contribution in [-0.4, -0.2) is 43.1 Å². The minimum Gasteiger partial charge on any atom is -0.497 e. The molecule has 0 aromatic heterocycles. The SMILES string of the molecule is COc1ccc(C(=O)N2CCCCC2C2CCCN2)cc1. The fourth-order valence-corrected chi connectivity index (χ4v) is 3.57. The number of carbonyl (C=O) groups is 1. The molecular weight excluding hydrogens is 264 g/mol. The summed E-state index contributed by atoms with van der Waals surface area (Å²) in [5.74, 6) is 0.954. The van der Waals surface area contributed by atoms with Gasteiger partial charge in [0.15, 0.2) is 0 Å². The number of carbonyl (C=O) groups excluding carboxylic acids is 1. The van der Waals surface area contributed by atoms with Crippen LogP contribution in [0.5, 0.6) is 5.75 Å². The third-order valence-electron chi connectivity index (χ3n) is 4.71. The summed E-state index contributed by atoms with van der Waals surface area (Å²) in [5, 5.41) is 3.57. The number of ether oxygens (including phenoxy) is 1. The molecule has 2 unspecified atom stereocenters. The lowest BCUT2D eigenvalue weighted by Gasteiger charge is -2.39. The number of piperidine rings is 1. The van der Waals surface area contributed by atoms with E-state index >= 15 is 0 Å². The van der Waals surface area contributed by atoms with Gasteiger partial charge in [-0.25, -0.2) is 0 Å². The molecule has 0 saturated carbocycles. The fraction of sp³-hybridized carbons (Fsp3) is 0.588. The van der Waals surface area contributed by atoms with Crippen molar-refractivity contribution < 1.29 is 9.53 Å². The van der Waals surface area contributed by atoms with Gasteiger partial charge in [-0.2, -0.15) is 0 Å². The molecule has 2 aliphatic heterocycles. The van der Waals surface area contributed by atoms with Crippen molar-refractivity contribution in [2.45, 2.75) is 44.2 Å². The second-order valence-corrected chi connectivity index (χ2v) is 5.99. The fourth-order valence-electron chi connectivity index (χ4n) is 3.57. The Morgan fingerprint density at radius 1 is 1.19 bits per heavy atom. The quantitative estimate of drug-likeness (QED) is 0.929. The number of hydrogen-bond donors (Lipinski definition) is 1. The molecule has 114 valence electrons. The van der Waals surface area contributed by atoms with Crippen LogP contribution in [0.2, 0.25) is 0 Å². The molecule has 0 spiro atoms. The van der Waals surface area contributed by atoms with Crippen LogP contribution in [0.25, 0.3) is 0 Å². The summed E-state index contributed by atoms with van der Waals surface area (Å²) in [7, 11) is 1.64. The van der Waals surface area contributed by atoms with Crippen LogP contribution in [0.3, 0.4) is 0 Å². The third kappa shape index (κ3) is 3.05. The predicted molar refractivity (Wildman–Crippen MR) is 82.7 cm³/mol. The molecule has 2 atom stereocenters. The van der Waals surface area contributed by atoms with Crippen molar-refractivity contribution in [2.75, 3.05) is 20.2 Å². The molecule has 4 nitrogen and oxygen atoms in total. The van der Waals surface area contributed by atoms with Gasteiger partial charge in [-0.15, -0.1) is 0 Å². The molecule has 1 aromatic rings. The number of nitrogens with zero attached hydrogens (tertiary/aromatic N) is 1. The summed E-state index contributed by atoms with van der Waals surface area (Å²) in [6.45, 7) is 1.97. The minimum atomic E-state index is 0.163. The number of nitrogens with one attached hydrogen (secondary N) is 1. The average Bonchev–Trinajstić information content (AvgIpc) is 3.08. The molecule has 2 saturated heterocycles. The van der Waals surface area contributed by atoms with E-state index in [2.05, 4.69) is 10.2 Å². The Labute approximate surface area is 126 Å². The second kappa shape index (κ2) is 6.48. The molecule has 4 heteroatoms. The maximum Gasteiger partial charge on any atom is 0.254 e. The lowest BCUT2D eigenvalue weighted by molar-refractivity contribution is 0.0563. The average molecular weight is 288 g/mol. The molecule has 0 aliphatic carbocycles. The van der Waals surface area contributed by atoms with Gasteiger partial charge < -0.3 is 15.0 Å². The monoisotopic (exact) mass is 288 g/mol. The molecule has 2 heterocycles. The highest BCUT2D eigenvalue weighted by Gasteiger charge is 2.34. The first-order chi connectivity index (χ1) is 10.3. The highest BCUT2D eigenvalue weighted by molar-refractivity contribution is 5.94. The Morgan fingerprint density at radius 3 is 2.67 bits per heavy atom. The van der Waals surface area contributed by atoms with E-state index in [9.17, 15) is 4.79 Å². The molecule has 1 N–H and O–H groups in total. The summed E-state index contributed by atoms with van der Waals surface area (Å²) < 4.78 is 5.16. The van der Waals surface area contributed by atoms with Gasteiger partial charge in [0.05, 0.1) is 7.11 Å². The molecule has 1 amide bonds. The standard InChI is InChI=1S/C17H24N2O2/c1-21-14-9-7-13(8-10-14)17(20)19-12-3-2-6-16(19)15-5-4-11-18-15/h7-10,15-16,18H,2-6,11-12H2,1H3. The van der Waals surface area contributed by atoms with Gasteiger partial charge >= 0.3 is 0 Å². The van der Waals surface area contributed by atoms with Crippen molar-refractivity contribution in [3.63, 3.8) is 0 Å². The highest BCUT2D eigenvalue weighted by Crippen LogP contribution is 2.26. The van der Waals surface area contributed by atoms with E-state index in [1.54, 1.807) is 7.11 Å². The molecule has 21 heavy (non-hydrogen) atoms. The smallest absolute Gasteiger partial charge is 0.254 e. The van der Waals surface area contributed by atoms with Crippen LogP contribution in [0, 0.1) is 0 Å². The Kier molecular flexibility index (Phi) is 4.44. The van der Waals surface area contributed by atoms with Crippen molar-refractivity contribution in [1.29, 1.82) is 0 Å². The normalized spacial score (nSPS) is 25.9. The lowest BCUT2D eigenvalue weighted by atomic mass is 9.93. The van der Waals surface area contributed by atoms with Crippen LogP contribution in [-0.2, 0) is 0 Å². The molecule has 3 rings (SSSR count). The van der Waals surface area contributed by atoms with Crippen LogP contribution < -0.4 is 10.1 Å². The second-order valence-electron chi connectivity index (χ2n) is 5.99. The Bertz CT molecular complexity index is 480. The van der Waals surface area contributed by atoms with Gasteiger partial charge in [-0.05, 0) is 62.9 Å². The first-order valence-electron chi connectivity index (χ1n) is 7.98. The first kappa shape index (κ1) is 14.4. The number of benzene rings is 1. The van der Waals surface area contributed by atoms with Crippen molar-refractivity contribution in [1.82, 2.24) is 10.2 Å². The summed E-state index contributed by atoms with van der Waals surface area (Å²) in [5.41, 5.74) is 0.765. The third-order valence-corrected chi connectivity index (χ3v) is 4.71. The van der Waals surface area contributed by atoms with E-state index in [0.717, 1.165) is 37.2 Å². The van der Waals surface area contributed by atoms with Gasteiger partial charge in [0.2, 0.25) is 0 Å². The van der Waals surface area contributed by atoms with E-state index in [1.165, 1.54) is 19.3 Å². The molecule has 2 fully saturated rings. The largest absolute Gasteiger partial charge is 0.497 e. The zero-order valence-corrected chi connectivity index (χ0v) is 12.7. The Hall–Kier alpha value is -1.55. The van der Waals surface area contributed by atoms with Gasteiger partial charge in [-0.1, -0.05) is 0 Å². The summed E-state index contributed by atoms with van der Waals surface area (Å²) in [4.78, 5) is 14.9. The molecule has 1 aromatic carbocycles. The van der Waals surface area contributed by atoms with Gasteiger partial charge in [0, 0.05) is 24.2 Å². The molecule has 0 bridgehead atoms. The number of likely N-dealkylation sites (tertiary alicyclic amines) is 1. The Balaban J connectivity index is 1.76. The predicted octanol–water partition coefficient (Wildman–Crippen LogP) is 2.44. The number of methoxy groups -OCH3 is 1. The van der Waals surface area contributed by atoms with Crippen LogP contribution in [0.15, 0.2) is 24.3 Å². The highest BCUT2D eigenvalue weighted by atomic mass is 16.5. The van der Waals surface area contributed by atoms with Crippen molar-refractivity contribution >= 4 is 5.91 Å². The number of hydrogen-bond acceptors (Lipinski definition) is 3. The summed E-state index contributed by atoms with van der Waals surface area (Å²) in [6, 6.07) is 8.30. The van der Waals surface area contributed by atoms with E-state index in [4.69, 9.17) is 4.74 Å². The topological polar surface area (TPSA) is 41.6 Å². The van der Waals surface area contributed by atoms with E-state index in [0.29, 0.717) is 12.1 Å². The molecule has 2 aliphatic rings. The van der Waals surface area contributed by atoms with E-state index < -0.39 is 0 Å². The zero-order chi connectivity index (χ0) is 14.7. The van der Waals surface area contributed by atoms with E-state index in [1.807, 2.05) is 24.3 Å². The van der Waals surface area contributed by atoms with E-state index in [-0.39, 0.29) is 5.91 Å². The maximum atomic E-state index is 12.8. The first-order valence-corrected chi connectivity index (χ1v) is 7.98. The molecular formula is C17H24N2O2. The van der Waals surface area contributed by atoms with Crippen molar-refractivity contribution in [3.8, 4) is 5.75 Å². The number of rotatable bonds is 3. The van der Waals surface area contributed by atoms with Crippen LogP contribution in [0.1, 0.15) is 42.5 Å². The summed E-state index contributed by atoms with van der Waals surface area (Å²) in [6.07, 6.45) is 5.89.